The Labute approximate surface area is 83.3 Å². The first-order valence-corrected chi connectivity index (χ1v) is 4.73. The van der Waals surface area contributed by atoms with Crippen molar-refractivity contribution in [3.05, 3.63) is 35.9 Å². The van der Waals surface area contributed by atoms with Crippen molar-refractivity contribution in [2.24, 2.45) is 0 Å². The van der Waals surface area contributed by atoms with E-state index in [1.165, 1.54) is 5.56 Å². The highest BCUT2D eigenvalue weighted by Crippen LogP contribution is 2.11. The van der Waals surface area contributed by atoms with E-state index < -0.39 is 0 Å². The average molecular weight is 191 g/mol. The maximum atomic E-state index is 10.3. The van der Waals surface area contributed by atoms with Crippen LogP contribution < -0.4 is 0 Å². The van der Waals surface area contributed by atoms with Gasteiger partial charge in [-0.1, -0.05) is 30.3 Å². The fourth-order valence-corrected chi connectivity index (χ4v) is 1.45. The Bertz CT molecular complexity index is 293. The molecule has 0 bridgehead atoms. The number of ether oxygens (including phenoxy) is 1. The van der Waals surface area contributed by atoms with Crippen LogP contribution in [0.15, 0.2) is 30.3 Å². The summed E-state index contributed by atoms with van der Waals surface area (Å²) in [5, 5.41) is 0. The third-order valence-corrected chi connectivity index (χ3v) is 2.35. The maximum absolute atomic E-state index is 10.3. The van der Waals surface area contributed by atoms with Gasteiger partial charge in [0.05, 0.1) is 12.7 Å². The van der Waals surface area contributed by atoms with Crippen LogP contribution in [0.2, 0.25) is 0 Å². The molecule has 74 valence electrons. The Morgan fingerprint density at radius 1 is 1.36 bits per heavy atom. The van der Waals surface area contributed by atoms with Gasteiger partial charge >= 0.3 is 0 Å². The lowest BCUT2D eigenvalue weighted by Crippen LogP contribution is -2.51. The van der Waals surface area contributed by atoms with Crippen molar-refractivity contribution in [1.82, 2.24) is 4.90 Å². The Morgan fingerprint density at radius 2 is 2.07 bits per heavy atom. The number of carbonyl (C=O) groups excluding carboxylic acids is 1. The largest absolute Gasteiger partial charge is 0.370 e. The van der Waals surface area contributed by atoms with Crippen LogP contribution in [0.4, 0.5) is 0 Å². The number of rotatable bonds is 4. The molecule has 0 unspecified atom stereocenters. The van der Waals surface area contributed by atoms with Gasteiger partial charge in [0.2, 0.25) is 6.41 Å². The second kappa shape index (κ2) is 4.24. The van der Waals surface area contributed by atoms with Crippen LogP contribution in [-0.4, -0.2) is 30.5 Å². The fraction of sp³-hybridized carbons (Fsp3) is 0.364. The van der Waals surface area contributed by atoms with Crippen molar-refractivity contribution in [2.75, 3.05) is 13.1 Å². The standard InChI is InChI=1S/C11H13NO2/c13-9-12-6-11(7-12)14-8-10-4-2-1-3-5-10/h1-5,9,11H,6-8H2. The molecule has 0 atom stereocenters. The summed E-state index contributed by atoms with van der Waals surface area (Å²) in [4.78, 5) is 12.0. The highest BCUT2D eigenvalue weighted by molar-refractivity contribution is 5.48. The van der Waals surface area contributed by atoms with Crippen LogP contribution in [0, 0.1) is 0 Å². The van der Waals surface area contributed by atoms with Crippen molar-refractivity contribution < 1.29 is 9.53 Å². The van der Waals surface area contributed by atoms with Gasteiger partial charge in [-0.25, -0.2) is 0 Å². The molecule has 0 N–H and O–H groups in total. The highest BCUT2D eigenvalue weighted by atomic mass is 16.5. The first-order chi connectivity index (χ1) is 6.88. The van der Waals surface area contributed by atoms with Gasteiger partial charge in [-0.3, -0.25) is 4.79 Å². The molecule has 2 rings (SSSR count). The molecule has 1 aliphatic rings. The summed E-state index contributed by atoms with van der Waals surface area (Å²) in [5.74, 6) is 0. The maximum Gasteiger partial charge on any atom is 0.209 e. The lowest BCUT2D eigenvalue weighted by atomic mass is 10.2. The predicted molar refractivity (Wildman–Crippen MR) is 52.7 cm³/mol. The number of hydrogen-bond acceptors (Lipinski definition) is 2. The SMILES string of the molecule is O=CN1CC(OCc2ccccc2)C1. The van der Waals surface area contributed by atoms with E-state index in [0.29, 0.717) is 6.61 Å². The monoisotopic (exact) mass is 191 g/mol. The zero-order valence-electron chi connectivity index (χ0n) is 7.93. The molecule has 0 saturated carbocycles. The van der Waals surface area contributed by atoms with E-state index in [2.05, 4.69) is 0 Å². The van der Waals surface area contributed by atoms with E-state index >= 15 is 0 Å². The average Bonchev–Trinajstić information content (AvgIpc) is 2.17. The Morgan fingerprint density at radius 3 is 2.71 bits per heavy atom. The quantitative estimate of drug-likeness (QED) is 0.665. The summed E-state index contributed by atoms with van der Waals surface area (Å²) in [7, 11) is 0. The molecule has 3 heteroatoms. The minimum absolute atomic E-state index is 0.223. The number of hydrogen-bond donors (Lipinski definition) is 0. The molecule has 0 spiro atoms. The number of amides is 1. The third-order valence-electron chi connectivity index (χ3n) is 2.35. The van der Waals surface area contributed by atoms with Crippen molar-refractivity contribution in [3.8, 4) is 0 Å². The molecular weight excluding hydrogens is 178 g/mol. The molecular formula is C11H13NO2. The van der Waals surface area contributed by atoms with Crippen LogP contribution in [0.5, 0.6) is 0 Å². The minimum Gasteiger partial charge on any atom is -0.370 e. The lowest BCUT2D eigenvalue weighted by Gasteiger charge is -2.35. The second-order valence-corrected chi connectivity index (χ2v) is 3.48. The molecule has 0 aliphatic carbocycles. The Hall–Kier alpha value is -1.35. The fourth-order valence-electron chi connectivity index (χ4n) is 1.45. The van der Waals surface area contributed by atoms with Crippen molar-refractivity contribution in [3.63, 3.8) is 0 Å². The van der Waals surface area contributed by atoms with Gasteiger partial charge in [0, 0.05) is 13.1 Å². The molecule has 0 aromatic heterocycles. The number of benzene rings is 1. The van der Waals surface area contributed by atoms with E-state index in [0.717, 1.165) is 19.5 Å². The summed E-state index contributed by atoms with van der Waals surface area (Å²) in [6.45, 7) is 2.10. The van der Waals surface area contributed by atoms with E-state index in [9.17, 15) is 4.79 Å². The van der Waals surface area contributed by atoms with E-state index in [1.807, 2.05) is 30.3 Å². The first kappa shape index (κ1) is 9.21. The summed E-state index contributed by atoms with van der Waals surface area (Å²) >= 11 is 0. The van der Waals surface area contributed by atoms with Gasteiger partial charge in [-0.05, 0) is 5.56 Å². The predicted octanol–water partition coefficient (Wildman–Crippen LogP) is 1.04. The lowest BCUT2D eigenvalue weighted by molar-refractivity contribution is -0.132. The topological polar surface area (TPSA) is 29.5 Å². The van der Waals surface area contributed by atoms with Crippen LogP contribution in [-0.2, 0) is 16.1 Å². The molecule has 1 amide bonds. The molecule has 1 aliphatic heterocycles. The zero-order chi connectivity index (χ0) is 9.80. The van der Waals surface area contributed by atoms with Gasteiger partial charge in [0.1, 0.15) is 0 Å². The van der Waals surface area contributed by atoms with Crippen molar-refractivity contribution in [1.29, 1.82) is 0 Å². The summed E-state index contributed by atoms with van der Waals surface area (Å²) in [5.41, 5.74) is 1.18. The first-order valence-electron chi connectivity index (χ1n) is 4.73. The van der Waals surface area contributed by atoms with Gasteiger partial charge in [0.15, 0.2) is 0 Å². The van der Waals surface area contributed by atoms with Crippen LogP contribution in [0.3, 0.4) is 0 Å². The number of likely N-dealkylation sites (tertiary alicyclic amines) is 1. The molecule has 0 radical (unpaired) electrons. The van der Waals surface area contributed by atoms with Crippen molar-refractivity contribution >= 4 is 6.41 Å². The molecule has 1 aromatic rings. The zero-order valence-corrected chi connectivity index (χ0v) is 7.93. The van der Waals surface area contributed by atoms with Crippen LogP contribution in [0.1, 0.15) is 5.56 Å². The normalized spacial score (nSPS) is 16.4. The van der Waals surface area contributed by atoms with Gasteiger partial charge in [-0.2, -0.15) is 0 Å². The molecule has 1 aromatic carbocycles. The summed E-state index contributed by atoms with van der Waals surface area (Å²) in [6.07, 6.45) is 1.09. The van der Waals surface area contributed by atoms with Crippen molar-refractivity contribution in [2.45, 2.75) is 12.7 Å². The van der Waals surface area contributed by atoms with Gasteiger partial charge < -0.3 is 9.64 Å². The second-order valence-electron chi connectivity index (χ2n) is 3.48. The van der Waals surface area contributed by atoms with Crippen LogP contribution in [0.25, 0.3) is 0 Å². The number of nitrogens with zero attached hydrogens (tertiary/aromatic N) is 1. The Kier molecular flexibility index (Phi) is 2.79. The highest BCUT2D eigenvalue weighted by Gasteiger charge is 2.25. The van der Waals surface area contributed by atoms with Gasteiger partial charge in [-0.15, -0.1) is 0 Å². The van der Waals surface area contributed by atoms with E-state index in [4.69, 9.17) is 4.74 Å². The van der Waals surface area contributed by atoms with Crippen LogP contribution >= 0.6 is 0 Å². The smallest absolute Gasteiger partial charge is 0.209 e. The molecule has 3 nitrogen and oxygen atoms in total. The summed E-state index contributed by atoms with van der Waals surface area (Å²) < 4.78 is 5.60. The molecule has 1 fully saturated rings. The molecule has 1 heterocycles. The third kappa shape index (κ3) is 2.12. The minimum atomic E-state index is 0.223. The van der Waals surface area contributed by atoms with Gasteiger partial charge in [0.25, 0.3) is 0 Å². The number of carbonyl (C=O) groups is 1. The summed E-state index contributed by atoms with van der Waals surface area (Å²) in [6, 6.07) is 10.1. The van der Waals surface area contributed by atoms with E-state index in [1.54, 1.807) is 4.90 Å². The Balaban J connectivity index is 1.72. The molecule has 1 saturated heterocycles. The van der Waals surface area contributed by atoms with E-state index in [-0.39, 0.29) is 6.10 Å². The molecule has 14 heavy (non-hydrogen) atoms.